The first-order valence-electron chi connectivity index (χ1n) is 6.39. The van der Waals surface area contributed by atoms with Crippen LogP contribution in [0.4, 0.5) is 0 Å². The maximum Gasteiger partial charge on any atom is 0.240 e. The van der Waals surface area contributed by atoms with Crippen LogP contribution >= 0.6 is 0 Å². The molecule has 2 heterocycles. The molecule has 1 aliphatic heterocycles. The lowest BCUT2D eigenvalue weighted by Gasteiger charge is -2.43. The Morgan fingerprint density at radius 1 is 1.56 bits per heavy atom. The van der Waals surface area contributed by atoms with E-state index in [9.17, 15) is 4.79 Å². The van der Waals surface area contributed by atoms with Gasteiger partial charge in [0.15, 0.2) is 5.82 Å². The number of aryl methyl sites for hydroxylation is 1. The van der Waals surface area contributed by atoms with Crippen LogP contribution in [0.1, 0.15) is 38.4 Å². The monoisotopic (exact) mass is 252 g/mol. The summed E-state index contributed by atoms with van der Waals surface area (Å²) < 4.78 is 4.97. The van der Waals surface area contributed by atoms with E-state index in [4.69, 9.17) is 4.52 Å². The summed E-state index contributed by atoms with van der Waals surface area (Å²) in [6, 6.07) is 0. The minimum absolute atomic E-state index is 0.0933. The summed E-state index contributed by atoms with van der Waals surface area (Å²) in [6.07, 6.45) is 1.79. The van der Waals surface area contributed by atoms with Gasteiger partial charge in [-0.1, -0.05) is 18.5 Å². The lowest BCUT2D eigenvalue weighted by atomic mass is 9.90. The number of nitrogens with zero attached hydrogens (tertiary/aromatic N) is 3. The Balaban J connectivity index is 2.15. The highest BCUT2D eigenvalue weighted by Gasteiger charge is 2.41. The van der Waals surface area contributed by atoms with Gasteiger partial charge < -0.3 is 9.84 Å². The molecule has 18 heavy (non-hydrogen) atoms. The van der Waals surface area contributed by atoms with E-state index in [1.54, 1.807) is 6.92 Å². The molecule has 1 saturated heterocycles. The van der Waals surface area contributed by atoms with Crippen molar-refractivity contribution in [1.29, 1.82) is 0 Å². The molecule has 0 unspecified atom stereocenters. The van der Waals surface area contributed by atoms with E-state index < -0.39 is 5.54 Å². The van der Waals surface area contributed by atoms with Crippen LogP contribution in [-0.4, -0.2) is 39.6 Å². The fourth-order valence-corrected chi connectivity index (χ4v) is 2.47. The van der Waals surface area contributed by atoms with Crippen molar-refractivity contribution in [3.8, 4) is 0 Å². The lowest BCUT2D eigenvalue weighted by molar-refractivity contribution is -0.137. The van der Waals surface area contributed by atoms with Crippen LogP contribution in [0.5, 0.6) is 0 Å². The Labute approximate surface area is 107 Å². The first-order valence-corrected chi connectivity index (χ1v) is 6.39. The number of carbonyl (C=O) groups is 1. The van der Waals surface area contributed by atoms with Crippen LogP contribution in [0.15, 0.2) is 4.52 Å². The number of hydrogen-bond donors (Lipinski definition) is 1. The molecule has 0 spiro atoms. The minimum Gasteiger partial charge on any atom is -0.353 e. The third-order valence-corrected chi connectivity index (χ3v) is 3.49. The number of rotatable bonds is 4. The van der Waals surface area contributed by atoms with E-state index in [0.717, 1.165) is 19.4 Å². The summed E-state index contributed by atoms with van der Waals surface area (Å²) in [5, 5.41) is 6.83. The van der Waals surface area contributed by atoms with Crippen molar-refractivity contribution in [1.82, 2.24) is 20.4 Å². The Bertz CT molecular complexity index is 431. The molecular formula is C12H20N4O2. The SMILES string of the molecule is CCC[C@@]1(C)C(=O)NCCN1Cc1noc(C)n1. The van der Waals surface area contributed by atoms with Crippen LogP contribution in [0, 0.1) is 6.92 Å². The van der Waals surface area contributed by atoms with Gasteiger partial charge >= 0.3 is 0 Å². The quantitative estimate of drug-likeness (QED) is 0.861. The van der Waals surface area contributed by atoms with Gasteiger partial charge in [0.1, 0.15) is 0 Å². The maximum absolute atomic E-state index is 12.1. The highest BCUT2D eigenvalue weighted by Crippen LogP contribution is 2.25. The number of carbonyl (C=O) groups excluding carboxylic acids is 1. The predicted octanol–water partition coefficient (Wildman–Crippen LogP) is 0.869. The Morgan fingerprint density at radius 3 is 2.94 bits per heavy atom. The highest BCUT2D eigenvalue weighted by atomic mass is 16.5. The van der Waals surface area contributed by atoms with Gasteiger partial charge in [0.05, 0.1) is 12.1 Å². The Morgan fingerprint density at radius 2 is 2.33 bits per heavy atom. The molecule has 1 N–H and O–H groups in total. The number of nitrogens with one attached hydrogen (secondary N) is 1. The number of amides is 1. The molecule has 100 valence electrons. The van der Waals surface area contributed by atoms with E-state index in [2.05, 4.69) is 27.3 Å². The molecule has 1 atom stereocenters. The van der Waals surface area contributed by atoms with E-state index in [-0.39, 0.29) is 5.91 Å². The second-order valence-electron chi connectivity index (χ2n) is 4.93. The zero-order valence-corrected chi connectivity index (χ0v) is 11.2. The smallest absolute Gasteiger partial charge is 0.240 e. The zero-order chi connectivity index (χ0) is 13.2. The van der Waals surface area contributed by atoms with Gasteiger partial charge in [-0.3, -0.25) is 9.69 Å². The van der Waals surface area contributed by atoms with Crippen LogP contribution in [0.2, 0.25) is 0 Å². The van der Waals surface area contributed by atoms with Gasteiger partial charge in [0.25, 0.3) is 0 Å². The van der Waals surface area contributed by atoms with E-state index in [1.165, 1.54) is 0 Å². The lowest BCUT2D eigenvalue weighted by Crippen LogP contribution is -2.62. The Kier molecular flexibility index (Phi) is 3.65. The summed E-state index contributed by atoms with van der Waals surface area (Å²) in [5.74, 6) is 1.30. The van der Waals surface area contributed by atoms with Crippen LogP contribution in [0.25, 0.3) is 0 Å². The van der Waals surface area contributed by atoms with E-state index in [1.807, 2.05) is 6.92 Å². The number of hydrogen-bond acceptors (Lipinski definition) is 5. The normalized spacial score (nSPS) is 25.2. The third-order valence-electron chi connectivity index (χ3n) is 3.49. The summed E-state index contributed by atoms with van der Waals surface area (Å²) in [5.41, 5.74) is -0.471. The van der Waals surface area contributed by atoms with Gasteiger partial charge in [0, 0.05) is 20.0 Å². The topological polar surface area (TPSA) is 71.3 Å². The van der Waals surface area contributed by atoms with Crippen LogP contribution < -0.4 is 5.32 Å². The van der Waals surface area contributed by atoms with Crippen LogP contribution in [-0.2, 0) is 11.3 Å². The van der Waals surface area contributed by atoms with Crippen molar-refractivity contribution in [2.45, 2.75) is 45.7 Å². The second kappa shape index (κ2) is 5.06. The molecule has 1 amide bonds. The summed E-state index contributed by atoms with van der Waals surface area (Å²) in [7, 11) is 0. The molecule has 1 aromatic rings. The third kappa shape index (κ3) is 2.38. The number of piperazine rings is 1. The van der Waals surface area contributed by atoms with Gasteiger partial charge in [-0.25, -0.2) is 0 Å². The predicted molar refractivity (Wildman–Crippen MR) is 65.8 cm³/mol. The highest BCUT2D eigenvalue weighted by molar-refractivity contribution is 5.86. The standard InChI is InChI=1S/C12H20N4O2/c1-4-5-12(3)11(17)13-6-7-16(12)8-10-14-9(2)18-15-10/h4-8H2,1-3H3,(H,13,17)/t12-/m0/s1. The van der Waals surface area contributed by atoms with Crippen LogP contribution in [0.3, 0.4) is 0 Å². The molecule has 2 rings (SSSR count). The van der Waals surface area contributed by atoms with Gasteiger partial charge in [-0.15, -0.1) is 0 Å². The maximum atomic E-state index is 12.1. The van der Waals surface area contributed by atoms with E-state index in [0.29, 0.717) is 24.8 Å². The van der Waals surface area contributed by atoms with Gasteiger partial charge in [-0.05, 0) is 13.3 Å². The van der Waals surface area contributed by atoms with Crippen molar-refractivity contribution in [2.24, 2.45) is 0 Å². The second-order valence-corrected chi connectivity index (χ2v) is 4.93. The molecule has 0 radical (unpaired) electrons. The van der Waals surface area contributed by atoms with E-state index >= 15 is 0 Å². The average Bonchev–Trinajstić information content (AvgIpc) is 2.72. The van der Waals surface area contributed by atoms with Gasteiger partial charge in [-0.2, -0.15) is 4.98 Å². The molecule has 0 aromatic carbocycles. The average molecular weight is 252 g/mol. The fourth-order valence-electron chi connectivity index (χ4n) is 2.47. The summed E-state index contributed by atoms with van der Waals surface area (Å²) >= 11 is 0. The zero-order valence-electron chi connectivity index (χ0n) is 11.2. The number of aromatic nitrogens is 2. The largest absolute Gasteiger partial charge is 0.353 e. The summed E-state index contributed by atoms with van der Waals surface area (Å²) in [4.78, 5) is 18.4. The first kappa shape index (κ1) is 13.0. The summed E-state index contributed by atoms with van der Waals surface area (Å²) in [6.45, 7) is 7.89. The van der Waals surface area contributed by atoms with Crippen molar-refractivity contribution in [2.75, 3.05) is 13.1 Å². The molecular weight excluding hydrogens is 232 g/mol. The van der Waals surface area contributed by atoms with Gasteiger partial charge in [0.2, 0.25) is 11.8 Å². The van der Waals surface area contributed by atoms with Crippen molar-refractivity contribution in [3.05, 3.63) is 11.7 Å². The molecule has 6 heteroatoms. The molecule has 1 aliphatic rings. The minimum atomic E-state index is -0.471. The molecule has 1 aromatic heterocycles. The Hall–Kier alpha value is -1.43. The molecule has 0 saturated carbocycles. The molecule has 0 bridgehead atoms. The van der Waals surface area contributed by atoms with Crippen molar-refractivity contribution in [3.63, 3.8) is 0 Å². The molecule has 0 aliphatic carbocycles. The van der Waals surface area contributed by atoms with Crippen molar-refractivity contribution < 1.29 is 9.32 Å². The fraction of sp³-hybridized carbons (Fsp3) is 0.750. The molecule has 1 fully saturated rings. The van der Waals surface area contributed by atoms with Crippen molar-refractivity contribution >= 4 is 5.91 Å². The first-order chi connectivity index (χ1) is 8.56. The molecule has 6 nitrogen and oxygen atoms in total.